The molecule has 1 saturated heterocycles. The molecule has 7 nitrogen and oxygen atoms in total. The highest BCUT2D eigenvalue weighted by Gasteiger charge is 2.35. The van der Waals surface area contributed by atoms with E-state index < -0.39 is 11.7 Å². The Labute approximate surface area is 197 Å². The second-order valence-electron chi connectivity index (χ2n) is 9.27. The zero-order valence-electron chi connectivity index (χ0n) is 19.4. The van der Waals surface area contributed by atoms with Gasteiger partial charge in [-0.3, -0.25) is 14.4 Å². The van der Waals surface area contributed by atoms with E-state index in [1.807, 2.05) is 0 Å². The molecule has 2 heterocycles. The molecule has 2 fully saturated rings. The average Bonchev–Trinajstić information content (AvgIpc) is 3.10. The van der Waals surface area contributed by atoms with Crippen LogP contribution in [0.3, 0.4) is 0 Å². The molecule has 0 bridgehead atoms. The van der Waals surface area contributed by atoms with Gasteiger partial charge in [-0.05, 0) is 49.8 Å². The first kappa shape index (κ1) is 24.5. The zero-order chi connectivity index (χ0) is 24.3. The number of likely N-dealkylation sites (tertiary alicyclic amines) is 1. The van der Waals surface area contributed by atoms with Crippen molar-refractivity contribution < 1.29 is 22.7 Å². The molecule has 0 atom stereocenters. The van der Waals surface area contributed by atoms with Gasteiger partial charge in [0.15, 0.2) is 5.82 Å². The summed E-state index contributed by atoms with van der Waals surface area (Å²) in [5.74, 6) is 0.690. The number of anilines is 1. The maximum Gasteiger partial charge on any atom is 0.416 e. The van der Waals surface area contributed by atoms with E-state index in [1.165, 1.54) is 10.7 Å². The number of nitrogens with one attached hydrogen (secondary N) is 2. The largest absolute Gasteiger partial charge is 0.416 e. The summed E-state index contributed by atoms with van der Waals surface area (Å²) in [5.41, 5.74) is -0.180. The van der Waals surface area contributed by atoms with E-state index >= 15 is 0 Å². The number of hydrogen-bond acceptors (Lipinski definition) is 5. The minimum Gasteiger partial charge on any atom is -0.377 e. The number of aryl methyl sites for hydroxylation is 1. The van der Waals surface area contributed by atoms with Crippen LogP contribution in [-0.2, 0) is 22.8 Å². The van der Waals surface area contributed by atoms with Crippen molar-refractivity contribution in [3.63, 3.8) is 0 Å². The van der Waals surface area contributed by atoms with Gasteiger partial charge in [-0.2, -0.15) is 18.3 Å². The Kier molecular flexibility index (Phi) is 7.47. The minimum absolute atomic E-state index is 0.0469. The van der Waals surface area contributed by atoms with Crippen molar-refractivity contribution in [2.24, 2.45) is 13.0 Å². The van der Waals surface area contributed by atoms with Gasteiger partial charge in [0, 0.05) is 38.2 Å². The maximum absolute atomic E-state index is 13.1. The van der Waals surface area contributed by atoms with Crippen LogP contribution in [0, 0.1) is 5.92 Å². The Morgan fingerprint density at radius 3 is 2.68 bits per heavy atom. The molecule has 10 heteroatoms. The molecule has 2 aromatic rings. The first-order valence-corrected chi connectivity index (χ1v) is 11.7. The van der Waals surface area contributed by atoms with Crippen molar-refractivity contribution in [2.75, 3.05) is 38.2 Å². The van der Waals surface area contributed by atoms with Gasteiger partial charge in [-0.15, -0.1) is 6.58 Å². The van der Waals surface area contributed by atoms with E-state index in [1.54, 1.807) is 13.1 Å². The van der Waals surface area contributed by atoms with Gasteiger partial charge in [-0.1, -0.05) is 6.08 Å². The summed E-state index contributed by atoms with van der Waals surface area (Å²) >= 11 is 0. The van der Waals surface area contributed by atoms with E-state index in [-0.39, 0.29) is 24.3 Å². The normalized spacial score (nSPS) is 21.9. The van der Waals surface area contributed by atoms with Crippen LogP contribution in [0.15, 0.2) is 30.9 Å². The first-order valence-electron chi connectivity index (χ1n) is 11.7. The van der Waals surface area contributed by atoms with E-state index in [2.05, 4.69) is 27.2 Å². The van der Waals surface area contributed by atoms with Gasteiger partial charge in [0.2, 0.25) is 5.91 Å². The van der Waals surface area contributed by atoms with Crippen LogP contribution in [0.5, 0.6) is 0 Å². The summed E-state index contributed by atoms with van der Waals surface area (Å²) in [7, 11) is 1.66. The van der Waals surface area contributed by atoms with Crippen molar-refractivity contribution >= 4 is 22.6 Å². The summed E-state index contributed by atoms with van der Waals surface area (Å²) in [6, 6.07) is 4.14. The number of carbonyl (C=O) groups is 1. The fourth-order valence-corrected chi connectivity index (χ4v) is 4.91. The van der Waals surface area contributed by atoms with Crippen molar-refractivity contribution in [1.29, 1.82) is 0 Å². The van der Waals surface area contributed by atoms with Crippen LogP contribution >= 0.6 is 0 Å². The number of ether oxygens (including phenoxy) is 1. The Bertz CT molecular complexity index is 1010. The number of rotatable bonds is 9. The number of benzene rings is 1. The van der Waals surface area contributed by atoms with E-state index in [4.69, 9.17) is 4.74 Å². The highest BCUT2D eigenvalue weighted by molar-refractivity contribution is 5.92. The van der Waals surface area contributed by atoms with E-state index in [9.17, 15) is 18.0 Å². The molecule has 1 aliphatic heterocycles. The molecule has 1 amide bonds. The number of aromatic nitrogens is 2. The lowest BCUT2D eigenvalue weighted by Crippen LogP contribution is -2.63. The van der Waals surface area contributed by atoms with E-state index in [0.29, 0.717) is 29.5 Å². The van der Waals surface area contributed by atoms with Crippen LogP contribution in [0.2, 0.25) is 0 Å². The molecule has 0 radical (unpaired) electrons. The number of amides is 1. The molecule has 0 spiro atoms. The third-order valence-corrected chi connectivity index (χ3v) is 6.79. The summed E-state index contributed by atoms with van der Waals surface area (Å²) in [5, 5.41) is 10.5. The predicted molar refractivity (Wildman–Crippen MR) is 124 cm³/mol. The monoisotopic (exact) mass is 479 g/mol. The Balaban J connectivity index is 1.21. The molecule has 1 saturated carbocycles. The maximum atomic E-state index is 13.1. The second kappa shape index (κ2) is 10.4. The van der Waals surface area contributed by atoms with Crippen molar-refractivity contribution in [3.05, 3.63) is 36.4 Å². The summed E-state index contributed by atoms with van der Waals surface area (Å²) < 4.78 is 46.3. The van der Waals surface area contributed by atoms with Crippen molar-refractivity contribution in [1.82, 2.24) is 20.0 Å². The molecule has 34 heavy (non-hydrogen) atoms. The lowest BCUT2D eigenvalue weighted by Gasteiger charge is -2.46. The minimum atomic E-state index is -4.44. The third kappa shape index (κ3) is 5.72. The fraction of sp³-hybridized carbons (Fsp3) is 0.583. The smallest absolute Gasteiger partial charge is 0.377 e. The van der Waals surface area contributed by atoms with Crippen molar-refractivity contribution in [3.8, 4) is 0 Å². The van der Waals surface area contributed by atoms with Crippen molar-refractivity contribution in [2.45, 2.75) is 43.9 Å². The highest BCUT2D eigenvalue weighted by Crippen LogP contribution is 2.33. The second-order valence-corrected chi connectivity index (χ2v) is 9.27. The highest BCUT2D eigenvalue weighted by atomic mass is 19.4. The van der Waals surface area contributed by atoms with Crippen LogP contribution in [-0.4, -0.2) is 65.5 Å². The van der Waals surface area contributed by atoms with Gasteiger partial charge in [0.05, 0.1) is 30.3 Å². The number of halogens is 3. The number of carbonyl (C=O) groups excluding carboxylic acids is 1. The molecular weight excluding hydrogens is 447 g/mol. The molecule has 0 unspecified atom stereocenters. The molecule has 1 aromatic heterocycles. The molecule has 2 N–H and O–H groups in total. The molecule has 2 aliphatic rings. The van der Waals surface area contributed by atoms with Crippen LogP contribution in [0.1, 0.15) is 31.2 Å². The Hall–Kier alpha value is -2.59. The summed E-state index contributed by atoms with van der Waals surface area (Å²) in [6.07, 6.45) is 1.96. The van der Waals surface area contributed by atoms with Gasteiger partial charge < -0.3 is 15.4 Å². The molecule has 4 rings (SSSR count). The van der Waals surface area contributed by atoms with Gasteiger partial charge in [0.25, 0.3) is 0 Å². The molecule has 186 valence electrons. The van der Waals surface area contributed by atoms with Gasteiger partial charge in [-0.25, -0.2) is 0 Å². The first-order chi connectivity index (χ1) is 16.2. The Morgan fingerprint density at radius 2 is 2.00 bits per heavy atom. The molecular formula is C24H32F3N5O2. The van der Waals surface area contributed by atoms with Gasteiger partial charge >= 0.3 is 6.18 Å². The quantitative estimate of drug-likeness (QED) is 0.425. The standard InChI is InChI=1S/C24H32F3N5O2/c1-3-10-34-15-16-4-7-19(8-5-16)32-13-18(14-32)29-22(33)12-28-23-20-11-17(24(25,26)27)6-9-21(20)31(2)30-23/h3,6,9,11,16,18-19H,1,4-5,7-8,10,12-15H2,2H3,(H,28,30)(H,29,33). The average molecular weight is 480 g/mol. The number of fused-ring (bicyclic) bond motifs is 1. The van der Waals surface area contributed by atoms with Crippen LogP contribution in [0.4, 0.5) is 19.0 Å². The molecule has 1 aliphatic carbocycles. The lowest BCUT2D eigenvalue weighted by molar-refractivity contribution is -0.137. The van der Waals surface area contributed by atoms with Gasteiger partial charge in [0.1, 0.15) is 0 Å². The topological polar surface area (TPSA) is 71.4 Å². The van der Waals surface area contributed by atoms with Crippen LogP contribution < -0.4 is 10.6 Å². The molecule has 1 aromatic carbocycles. The third-order valence-electron chi connectivity index (χ3n) is 6.79. The van der Waals surface area contributed by atoms with E-state index in [0.717, 1.165) is 57.5 Å². The Morgan fingerprint density at radius 1 is 1.26 bits per heavy atom. The van der Waals surface area contributed by atoms with Crippen LogP contribution in [0.25, 0.3) is 10.9 Å². The zero-order valence-corrected chi connectivity index (χ0v) is 19.4. The number of nitrogens with zero attached hydrogens (tertiary/aromatic N) is 3. The SMILES string of the molecule is C=CCOCC1CCC(N2CC(NC(=O)CNc3nn(C)c4ccc(C(F)(F)F)cc34)C2)CC1. The predicted octanol–water partition coefficient (Wildman–Crippen LogP) is 3.57. The number of alkyl halides is 3. The lowest BCUT2D eigenvalue weighted by atomic mass is 9.84. The number of hydrogen-bond donors (Lipinski definition) is 2. The summed E-state index contributed by atoms with van der Waals surface area (Å²) in [4.78, 5) is 14.8. The summed E-state index contributed by atoms with van der Waals surface area (Å²) in [6.45, 7) is 6.68. The fourth-order valence-electron chi connectivity index (χ4n) is 4.91.